The lowest BCUT2D eigenvalue weighted by molar-refractivity contribution is 0.0738. The van der Waals surface area contributed by atoms with Crippen LogP contribution in [-0.2, 0) is 0 Å². The molecule has 2 N–H and O–H groups in total. The lowest BCUT2D eigenvalue weighted by atomic mass is 9.73. The van der Waals surface area contributed by atoms with Crippen LogP contribution in [0.4, 0.5) is 0 Å². The molecule has 1 atom stereocenters. The summed E-state index contributed by atoms with van der Waals surface area (Å²) in [5.74, 6) is 0. The van der Waals surface area contributed by atoms with E-state index < -0.39 is 0 Å². The minimum atomic E-state index is 0.254. The molecule has 1 aliphatic carbocycles. The standard InChI is InChI=1S/C15H32N2O/c1-13(2)16-11-15(8-6-5-7-9-15)12-17(4)14(3)10-18/h13-14,16,18H,5-12H2,1-4H3. The van der Waals surface area contributed by atoms with Gasteiger partial charge in [-0.05, 0) is 32.2 Å². The number of likely N-dealkylation sites (N-methyl/N-ethyl adjacent to an activating group) is 1. The Labute approximate surface area is 113 Å². The van der Waals surface area contributed by atoms with Gasteiger partial charge in [0.1, 0.15) is 0 Å². The molecule has 3 heteroatoms. The molecule has 0 saturated heterocycles. The van der Waals surface area contributed by atoms with Gasteiger partial charge >= 0.3 is 0 Å². The Morgan fingerprint density at radius 2 is 1.78 bits per heavy atom. The smallest absolute Gasteiger partial charge is 0.0584 e. The average molecular weight is 256 g/mol. The molecule has 1 unspecified atom stereocenters. The van der Waals surface area contributed by atoms with E-state index in [1.165, 1.54) is 32.1 Å². The first-order valence-corrected chi connectivity index (χ1v) is 7.53. The van der Waals surface area contributed by atoms with Gasteiger partial charge in [0.2, 0.25) is 0 Å². The van der Waals surface area contributed by atoms with Crippen molar-refractivity contribution in [2.45, 2.75) is 65.0 Å². The summed E-state index contributed by atoms with van der Waals surface area (Å²) >= 11 is 0. The number of aliphatic hydroxyl groups is 1. The number of hydrogen-bond donors (Lipinski definition) is 2. The number of hydrogen-bond acceptors (Lipinski definition) is 3. The maximum Gasteiger partial charge on any atom is 0.0584 e. The molecule has 0 bridgehead atoms. The predicted octanol–water partition coefficient (Wildman–Crippen LogP) is 2.25. The van der Waals surface area contributed by atoms with Gasteiger partial charge in [0.25, 0.3) is 0 Å². The van der Waals surface area contributed by atoms with Gasteiger partial charge < -0.3 is 15.3 Å². The van der Waals surface area contributed by atoms with Crippen molar-refractivity contribution in [3.05, 3.63) is 0 Å². The lowest BCUT2D eigenvalue weighted by Crippen LogP contribution is -2.48. The first-order chi connectivity index (χ1) is 8.49. The van der Waals surface area contributed by atoms with Crippen molar-refractivity contribution in [3.63, 3.8) is 0 Å². The van der Waals surface area contributed by atoms with Crippen LogP contribution in [0.2, 0.25) is 0 Å². The molecule has 1 rings (SSSR count). The van der Waals surface area contributed by atoms with Crippen molar-refractivity contribution in [1.82, 2.24) is 10.2 Å². The number of aliphatic hydroxyl groups excluding tert-OH is 1. The van der Waals surface area contributed by atoms with Crippen molar-refractivity contribution in [1.29, 1.82) is 0 Å². The Morgan fingerprint density at radius 3 is 2.28 bits per heavy atom. The highest BCUT2D eigenvalue weighted by Gasteiger charge is 2.33. The maximum absolute atomic E-state index is 9.28. The fourth-order valence-corrected chi connectivity index (χ4v) is 2.94. The normalized spacial score (nSPS) is 21.5. The Balaban J connectivity index is 2.59. The van der Waals surface area contributed by atoms with E-state index in [0.29, 0.717) is 11.5 Å². The monoisotopic (exact) mass is 256 g/mol. The molecule has 1 saturated carbocycles. The Hall–Kier alpha value is -0.120. The number of nitrogens with zero attached hydrogens (tertiary/aromatic N) is 1. The molecular formula is C15H32N2O. The summed E-state index contributed by atoms with van der Waals surface area (Å²) in [6.07, 6.45) is 6.77. The Kier molecular flexibility index (Phi) is 6.61. The van der Waals surface area contributed by atoms with E-state index in [-0.39, 0.29) is 12.6 Å². The van der Waals surface area contributed by atoms with Crippen molar-refractivity contribution in [3.8, 4) is 0 Å². The third-order valence-corrected chi connectivity index (χ3v) is 4.40. The highest BCUT2D eigenvalue weighted by Crippen LogP contribution is 2.36. The van der Waals surface area contributed by atoms with Crippen LogP contribution < -0.4 is 5.32 Å². The second-order valence-electron chi connectivity index (χ2n) is 6.54. The van der Waals surface area contributed by atoms with Gasteiger partial charge in [-0.2, -0.15) is 0 Å². The molecule has 0 aromatic rings. The van der Waals surface area contributed by atoms with E-state index >= 15 is 0 Å². The van der Waals surface area contributed by atoms with Crippen molar-refractivity contribution in [2.75, 3.05) is 26.7 Å². The van der Waals surface area contributed by atoms with Crippen LogP contribution in [0.15, 0.2) is 0 Å². The van der Waals surface area contributed by atoms with Crippen molar-refractivity contribution in [2.24, 2.45) is 5.41 Å². The fraction of sp³-hybridized carbons (Fsp3) is 1.00. The van der Waals surface area contributed by atoms with Crippen LogP contribution in [-0.4, -0.2) is 48.8 Å². The molecule has 0 radical (unpaired) electrons. The van der Waals surface area contributed by atoms with E-state index in [1.807, 2.05) is 0 Å². The summed E-state index contributed by atoms with van der Waals surface area (Å²) in [5.41, 5.74) is 0.417. The molecule has 0 heterocycles. The zero-order valence-electron chi connectivity index (χ0n) is 12.7. The largest absolute Gasteiger partial charge is 0.395 e. The van der Waals surface area contributed by atoms with Gasteiger partial charge in [0, 0.05) is 25.2 Å². The first kappa shape index (κ1) is 15.9. The molecule has 0 spiro atoms. The highest BCUT2D eigenvalue weighted by atomic mass is 16.3. The van der Waals surface area contributed by atoms with Crippen LogP contribution in [0, 0.1) is 5.41 Å². The topological polar surface area (TPSA) is 35.5 Å². The highest BCUT2D eigenvalue weighted by molar-refractivity contribution is 4.88. The van der Waals surface area contributed by atoms with Gasteiger partial charge in [-0.3, -0.25) is 0 Å². The molecule has 0 aromatic heterocycles. The van der Waals surface area contributed by atoms with Crippen LogP contribution >= 0.6 is 0 Å². The summed E-state index contributed by atoms with van der Waals surface area (Å²) < 4.78 is 0. The predicted molar refractivity (Wildman–Crippen MR) is 77.8 cm³/mol. The third-order valence-electron chi connectivity index (χ3n) is 4.40. The summed E-state index contributed by atoms with van der Waals surface area (Å²) in [6, 6.07) is 0.826. The SMILES string of the molecule is CC(C)NCC1(CN(C)C(C)CO)CCCCC1. The van der Waals surface area contributed by atoms with Crippen LogP contribution in [0.3, 0.4) is 0 Å². The van der Waals surface area contributed by atoms with Gasteiger partial charge in [-0.1, -0.05) is 33.1 Å². The molecular weight excluding hydrogens is 224 g/mol. The van der Waals surface area contributed by atoms with Gasteiger partial charge in [-0.25, -0.2) is 0 Å². The fourth-order valence-electron chi connectivity index (χ4n) is 2.94. The molecule has 1 fully saturated rings. The minimum Gasteiger partial charge on any atom is -0.395 e. The molecule has 1 aliphatic rings. The molecule has 0 aromatic carbocycles. The zero-order valence-corrected chi connectivity index (χ0v) is 12.7. The van der Waals surface area contributed by atoms with E-state index in [9.17, 15) is 5.11 Å². The molecule has 3 nitrogen and oxygen atoms in total. The second-order valence-corrected chi connectivity index (χ2v) is 6.54. The van der Waals surface area contributed by atoms with Gasteiger partial charge in [0.15, 0.2) is 0 Å². The first-order valence-electron chi connectivity index (χ1n) is 7.53. The Bertz CT molecular complexity index is 225. The summed E-state index contributed by atoms with van der Waals surface area (Å²) in [6.45, 7) is 9.02. The molecule has 108 valence electrons. The minimum absolute atomic E-state index is 0.254. The zero-order chi connectivity index (χ0) is 13.6. The lowest BCUT2D eigenvalue weighted by Gasteiger charge is -2.42. The summed E-state index contributed by atoms with van der Waals surface area (Å²) in [7, 11) is 2.15. The van der Waals surface area contributed by atoms with E-state index in [4.69, 9.17) is 0 Å². The molecule has 18 heavy (non-hydrogen) atoms. The van der Waals surface area contributed by atoms with E-state index in [0.717, 1.165) is 13.1 Å². The average Bonchev–Trinajstić information content (AvgIpc) is 2.36. The van der Waals surface area contributed by atoms with Crippen molar-refractivity contribution >= 4 is 0 Å². The van der Waals surface area contributed by atoms with Crippen LogP contribution in [0.25, 0.3) is 0 Å². The summed E-state index contributed by atoms with van der Waals surface area (Å²) in [4.78, 5) is 2.33. The maximum atomic E-state index is 9.28. The second kappa shape index (κ2) is 7.46. The Morgan fingerprint density at radius 1 is 1.17 bits per heavy atom. The van der Waals surface area contributed by atoms with Crippen molar-refractivity contribution < 1.29 is 5.11 Å². The molecule has 0 aliphatic heterocycles. The van der Waals surface area contributed by atoms with Crippen LogP contribution in [0.5, 0.6) is 0 Å². The van der Waals surface area contributed by atoms with E-state index in [2.05, 4.69) is 38.0 Å². The van der Waals surface area contributed by atoms with Crippen LogP contribution in [0.1, 0.15) is 52.9 Å². The van der Waals surface area contributed by atoms with Gasteiger partial charge in [0.05, 0.1) is 6.61 Å². The van der Waals surface area contributed by atoms with E-state index in [1.54, 1.807) is 0 Å². The van der Waals surface area contributed by atoms with Gasteiger partial charge in [-0.15, -0.1) is 0 Å². The molecule has 0 amide bonds. The third kappa shape index (κ3) is 4.87. The summed E-state index contributed by atoms with van der Waals surface area (Å²) in [5, 5.41) is 12.9. The number of rotatable bonds is 7. The quantitative estimate of drug-likeness (QED) is 0.733. The number of nitrogens with one attached hydrogen (secondary N) is 1.